The van der Waals surface area contributed by atoms with E-state index in [-0.39, 0.29) is 36.4 Å². The Kier molecular flexibility index (Phi) is 8.54. The first-order chi connectivity index (χ1) is 12.7. The molecule has 27 heavy (non-hydrogen) atoms. The van der Waals surface area contributed by atoms with Gasteiger partial charge in [-0.1, -0.05) is 30.3 Å². The van der Waals surface area contributed by atoms with Crippen molar-refractivity contribution in [1.29, 1.82) is 0 Å². The van der Waals surface area contributed by atoms with Gasteiger partial charge in [-0.05, 0) is 31.2 Å². The lowest BCUT2D eigenvalue weighted by Gasteiger charge is -2.24. The zero-order valence-corrected chi connectivity index (χ0v) is 16.5. The highest BCUT2D eigenvalue weighted by Crippen LogP contribution is 2.21. The molecule has 0 bridgehead atoms. The van der Waals surface area contributed by atoms with Crippen molar-refractivity contribution in [3.8, 4) is 0 Å². The van der Waals surface area contributed by atoms with Crippen LogP contribution in [0.2, 0.25) is 0 Å². The summed E-state index contributed by atoms with van der Waals surface area (Å²) < 4.78 is 5.73. The number of ether oxygens (including phenoxy) is 1. The number of rotatable bonds is 5. The van der Waals surface area contributed by atoms with Gasteiger partial charge in [0.2, 0.25) is 5.91 Å². The second-order valence-corrected chi connectivity index (χ2v) is 7.11. The summed E-state index contributed by atoms with van der Waals surface area (Å²) in [5.41, 5.74) is 6.81. The minimum absolute atomic E-state index is 0. The molecule has 0 radical (unpaired) electrons. The zero-order chi connectivity index (χ0) is 18.4. The van der Waals surface area contributed by atoms with E-state index < -0.39 is 0 Å². The predicted octanol–water partition coefficient (Wildman–Crippen LogP) is 1.61. The number of carbonyl (C=O) groups excluding carboxylic acids is 2. The first-order valence-corrected chi connectivity index (χ1v) is 9.63. The monoisotopic (exact) mass is 395 g/mol. The van der Waals surface area contributed by atoms with Crippen LogP contribution in [0.3, 0.4) is 0 Å². The highest BCUT2D eigenvalue weighted by atomic mass is 35.5. The van der Waals surface area contributed by atoms with Gasteiger partial charge in [-0.2, -0.15) is 0 Å². The summed E-state index contributed by atoms with van der Waals surface area (Å²) >= 11 is 0. The van der Waals surface area contributed by atoms with Crippen molar-refractivity contribution in [2.75, 3.05) is 32.7 Å². The Hall–Kier alpha value is -1.63. The maximum atomic E-state index is 12.7. The molecule has 2 fully saturated rings. The Morgan fingerprint density at radius 2 is 1.74 bits per heavy atom. The van der Waals surface area contributed by atoms with E-state index in [1.54, 1.807) is 0 Å². The number of hydrogen-bond donors (Lipinski definition) is 1. The highest BCUT2D eigenvalue weighted by Gasteiger charge is 2.33. The molecule has 2 atom stereocenters. The van der Waals surface area contributed by atoms with Crippen molar-refractivity contribution in [3.63, 3.8) is 0 Å². The lowest BCUT2D eigenvalue weighted by Crippen LogP contribution is -2.42. The number of nitrogens with two attached hydrogens (primary N) is 1. The molecule has 2 saturated heterocycles. The maximum absolute atomic E-state index is 12.7. The molecule has 1 aromatic rings. The van der Waals surface area contributed by atoms with E-state index in [4.69, 9.17) is 10.5 Å². The third-order valence-electron chi connectivity index (χ3n) is 5.28. The van der Waals surface area contributed by atoms with E-state index in [0.717, 1.165) is 25.7 Å². The Balaban J connectivity index is 0.00000261. The Morgan fingerprint density at radius 3 is 2.44 bits per heavy atom. The first kappa shape index (κ1) is 21.7. The Labute approximate surface area is 167 Å². The van der Waals surface area contributed by atoms with Gasteiger partial charge in [-0.3, -0.25) is 9.59 Å². The van der Waals surface area contributed by atoms with Gasteiger partial charge < -0.3 is 20.3 Å². The molecule has 0 saturated carbocycles. The molecule has 150 valence electrons. The fraction of sp³-hybridized carbons (Fsp3) is 0.600. The fourth-order valence-corrected chi connectivity index (χ4v) is 3.71. The van der Waals surface area contributed by atoms with Gasteiger partial charge in [0.1, 0.15) is 6.10 Å². The predicted molar refractivity (Wildman–Crippen MR) is 107 cm³/mol. The van der Waals surface area contributed by atoms with Crippen LogP contribution in [0, 0.1) is 0 Å². The van der Waals surface area contributed by atoms with Gasteiger partial charge in [0.15, 0.2) is 0 Å². The van der Waals surface area contributed by atoms with Gasteiger partial charge in [-0.25, -0.2) is 0 Å². The topological polar surface area (TPSA) is 75.9 Å². The molecule has 2 aliphatic rings. The van der Waals surface area contributed by atoms with Crippen LogP contribution in [0.5, 0.6) is 0 Å². The number of carbonyl (C=O) groups is 2. The van der Waals surface area contributed by atoms with Crippen LogP contribution in [-0.4, -0.2) is 66.5 Å². The van der Waals surface area contributed by atoms with E-state index in [1.165, 1.54) is 5.56 Å². The second kappa shape index (κ2) is 10.6. The molecule has 2 heterocycles. The first-order valence-electron chi connectivity index (χ1n) is 9.63. The summed E-state index contributed by atoms with van der Waals surface area (Å²) in [4.78, 5) is 28.9. The molecule has 6 nitrogen and oxygen atoms in total. The van der Waals surface area contributed by atoms with Crippen molar-refractivity contribution in [3.05, 3.63) is 35.9 Å². The Morgan fingerprint density at radius 1 is 1.04 bits per heavy atom. The summed E-state index contributed by atoms with van der Waals surface area (Å²) in [5.74, 6) is 0.225. The van der Waals surface area contributed by atoms with E-state index in [2.05, 4.69) is 0 Å². The van der Waals surface area contributed by atoms with Crippen LogP contribution >= 0.6 is 12.4 Å². The smallest absolute Gasteiger partial charge is 0.251 e. The van der Waals surface area contributed by atoms with E-state index in [9.17, 15) is 9.59 Å². The van der Waals surface area contributed by atoms with Crippen molar-refractivity contribution in [1.82, 2.24) is 9.80 Å². The number of amides is 2. The largest absolute Gasteiger partial charge is 0.364 e. The molecular formula is C20H30ClN3O3. The number of hydrogen-bond acceptors (Lipinski definition) is 4. The highest BCUT2D eigenvalue weighted by molar-refractivity contribution is 5.85. The lowest BCUT2D eigenvalue weighted by molar-refractivity contribution is -0.143. The normalized spacial score (nSPS) is 22.9. The quantitative estimate of drug-likeness (QED) is 0.821. The van der Waals surface area contributed by atoms with Crippen molar-refractivity contribution < 1.29 is 14.3 Å². The van der Waals surface area contributed by atoms with E-state index in [0.29, 0.717) is 39.1 Å². The summed E-state index contributed by atoms with van der Waals surface area (Å²) in [7, 11) is 0. The third-order valence-corrected chi connectivity index (χ3v) is 5.28. The molecule has 0 aliphatic carbocycles. The molecule has 2 aliphatic heterocycles. The molecular weight excluding hydrogens is 366 g/mol. The minimum Gasteiger partial charge on any atom is -0.364 e. The maximum Gasteiger partial charge on any atom is 0.251 e. The molecule has 3 rings (SSSR count). The summed E-state index contributed by atoms with van der Waals surface area (Å²) in [6.45, 7) is 3.06. The molecule has 2 N–H and O–H groups in total. The second-order valence-electron chi connectivity index (χ2n) is 7.11. The molecule has 0 unspecified atom stereocenters. The van der Waals surface area contributed by atoms with Gasteiger partial charge in [0.05, 0.1) is 6.10 Å². The van der Waals surface area contributed by atoms with E-state index in [1.807, 2.05) is 40.1 Å². The van der Waals surface area contributed by atoms with Crippen LogP contribution in [0.15, 0.2) is 30.3 Å². The molecule has 1 aromatic carbocycles. The van der Waals surface area contributed by atoms with Gasteiger partial charge >= 0.3 is 0 Å². The Bertz CT molecular complexity index is 614. The number of benzene rings is 1. The zero-order valence-electron chi connectivity index (χ0n) is 15.7. The van der Waals surface area contributed by atoms with Crippen LogP contribution in [-0.2, 0) is 20.7 Å². The van der Waals surface area contributed by atoms with Crippen LogP contribution < -0.4 is 5.73 Å². The van der Waals surface area contributed by atoms with Crippen LogP contribution in [0.25, 0.3) is 0 Å². The van der Waals surface area contributed by atoms with Crippen LogP contribution in [0.1, 0.15) is 31.2 Å². The summed E-state index contributed by atoms with van der Waals surface area (Å²) in [6.07, 6.45) is 3.34. The lowest BCUT2D eigenvalue weighted by atomic mass is 10.1. The third kappa shape index (κ3) is 5.92. The number of aryl methyl sites for hydroxylation is 1. The SMILES string of the molecule is Cl.NC[C@H]1CC[C@@H](C(=O)N2CCCN(C(=O)CCc3ccccc3)CC2)O1. The molecule has 0 spiro atoms. The summed E-state index contributed by atoms with van der Waals surface area (Å²) in [5, 5.41) is 0. The van der Waals surface area contributed by atoms with Gasteiger partial charge in [-0.15, -0.1) is 12.4 Å². The molecule has 2 amide bonds. The average molecular weight is 396 g/mol. The average Bonchev–Trinajstić information content (AvgIpc) is 3.03. The minimum atomic E-state index is -0.358. The van der Waals surface area contributed by atoms with E-state index >= 15 is 0 Å². The van der Waals surface area contributed by atoms with Crippen molar-refractivity contribution in [2.45, 2.75) is 44.3 Å². The van der Waals surface area contributed by atoms with Crippen molar-refractivity contribution in [2.24, 2.45) is 5.73 Å². The fourth-order valence-electron chi connectivity index (χ4n) is 3.71. The number of nitrogens with zero attached hydrogens (tertiary/aromatic N) is 2. The van der Waals surface area contributed by atoms with Crippen molar-refractivity contribution >= 4 is 24.2 Å². The number of halogens is 1. The van der Waals surface area contributed by atoms with Gasteiger partial charge in [0.25, 0.3) is 5.91 Å². The summed E-state index contributed by atoms with van der Waals surface area (Å²) in [6, 6.07) is 10.1. The standard InChI is InChI=1S/C20H29N3O3.ClH/c21-15-17-8-9-18(26-17)20(25)23-12-4-11-22(13-14-23)19(24)10-7-16-5-2-1-3-6-16;/h1-3,5-6,17-18H,4,7-15,21H2;1H/t17-,18+;/m1./s1. The molecule has 7 heteroatoms. The van der Waals surface area contributed by atoms with Gasteiger partial charge in [0, 0.05) is 39.1 Å². The molecule has 0 aromatic heterocycles. The van der Waals surface area contributed by atoms with Crippen LogP contribution in [0.4, 0.5) is 0 Å².